The van der Waals surface area contributed by atoms with E-state index in [0.29, 0.717) is 19.2 Å². The van der Waals surface area contributed by atoms with Gasteiger partial charge < -0.3 is 20.3 Å². The number of likely N-dealkylation sites (N-methyl/N-ethyl adjacent to an activating group) is 1. The maximum atomic E-state index is 12.0. The fourth-order valence-electron chi connectivity index (χ4n) is 2.46. The second kappa shape index (κ2) is 7.26. The van der Waals surface area contributed by atoms with E-state index in [1.807, 2.05) is 30.3 Å². The minimum atomic E-state index is -0.225. The van der Waals surface area contributed by atoms with E-state index in [1.165, 1.54) is 0 Å². The normalized spacial score (nSPS) is 18.6. The molecule has 1 aromatic rings. The van der Waals surface area contributed by atoms with E-state index in [-0.39, 0.29) is 6.09 Å². The minimum absolute atomic E-state index is 0.225. The monoisotopic (exact) mass is 277 g/mol. The number of nitrogens with zero attached hydrogens (tertiary/aromatic N) is 2. The van der Waals surface area contributed by atoms with Gasteiger partial charge in [0.2, 0.25) is 0 Å². The molecule has 0 aliphatic carbocycles. The first-order valence-corrected chi connectivity index (χ1v) is 7.06. The van der Waals surface area contributed by atoms with Crippen molar-refractivity contribution in [2.24, 2.45) is 5.73 Å². The summed E-state index contributed by atoms with van der Waals surface area (Å²) in [6, 6.07) is 10.1. The number of nitrogens with two attached hydrogens (primary N) is 1. The van der Waals surface area contributed by atoms with Crippen LogP contribution < -0.4 is 5.73 Å². The lowest BCUT2D eigenvalue weighted by Crippen LogP contribution is -2.39. The van der Waals surface area contributed by atoms with E-state index in [2.05, 4.69) is 11.9 Å². The summed E-state index contributed by atoms with van der Waals surface area (Å²) in [5, 5.41) is 0. The summed E-state index contributed by atoms with van der Waals surface area (Å²) < 4.78 is 5.34. The summed E-state index contributed by atoms with van der Waals surface area (Å²) in [5.41, 5.74) is 6.57. The highest BCUT2D eigenvalue weighted by molar-refractivity contribution is 5.68. The van der Waals surface area contributed by atoms with E-state index in [4.69, 9.17) is 10.5 Å². The number of rotatable bonds is 5. The summed E-state index contributed by atoms with van der Waals surface area (Å²) in [6.07, 6.45) is 0.759. The van der Waals surface area contributed by atoms with Gasteiger partial charge in [-0.05, 0) is 19.0 Å². The average Bonchev–Trinajstić information content (AvgIpc) is 2.96. The van der Waals surface area contributed by atoms with Gasteiger partial charge in [0.15, 0.2) is 0 Å². The lowest BCUT2D eigenvalue weighted by molar-refractivity contribution is 0.101. The van der Waals surface area contributed by atoms with E-state index >= 15 is 0 Å². The zero-order valence-electron chi connectivity index (χ0n) is 12.0. The zero-order chi connectivity index (χ0) is 14.4. The molecule has 0 saturated carbocycles. The summed E-state index contributed by atoms with van der Waals surface area (Å²) in [6.45, 7) is 3.32. The Morgan fingerprint density at radius 1 is 1.45 bits per heavy atom. The van der Waals surface area contributed by atoms with Crippen LogP contribution in [0.1, 0.15) is 12.0 Å². The lowest BCUT2D eigenvalue weighted by atomic mass is 10.2. The van der Waals surface area contributed by atoms with E-state index in [0.717, 1.165) is 31.6 Å². The van der Waals surface area contributed by atoms with E-state index < -0.39 is 0 Å². The molecule has 1 amide bonds. The Labute approximate surface area is 120 Å². The smallest absolute Gasteiger partial charge is 0.410 e. The van der Waals surface area contributed by atoms with Crippen LogP contribution in [0.4, 0.5) is 4.79 Å². The highest BCUT2D eigenvalue weighted by Crippen LogP contribution is 2.15. The van der Waals surface area contributed by atoms with Crippen molar-refractivity contribution in [3.8, 4) is 0 Å². The second-order valence-corrected chi connectivity index (χ2v) is 5.20. The third kappa shape index (κ3) is 3.95. The molecule has 0 aromatic heterocycles. The predicted molar refractivity (Wildman–Crippen MR) is 78.3 cm³/mol. The van der Waals surface area contributed by atoms with Crippen molar-refractivity contribution in [3.63, 3.8) is 0 Å². The average molecular weight is 277 g/mol. The Balaban J connectivity index is 1.77. The molecule has 0 bridgehead atoms. The minimum Gasteiger partial charge on any atom is -0.445 e. The topological polar surface area (TPSA) is 58.8 Å². The van der Waals surface area contributed by atoms with Crippen LogP contribution in [-0.4, -0.2) is 55.2 Å². The maximum Gasteiger partial charge on any atom is 0.410 e. The molecule has 1 unspecified atom stereocenters. The van der Waals surface area contributed by atoms with Gasteiger partial charge in [-0.15, -0.1) is 0 Å². The Morgan fingerprint density at radius 3 is 2.90 bits per heavy atom. The van der Waals surface area contributed by atoms with Crippen molar-refractivity contribution in [2.75, 3.05) is 33.2 Å². The third-order valence-electron chi connectivity index (χ3n) is 3.73. The van der Waals surface area contributed by atoms with Gasteiger partial charge >= 0.3 is 6.09 Å². The Morgan fingerprint density at radius 2 is 2.20 bits per heavy atom. The number of ether oxygens (including phenoxy) is 1. The Bertz CT molecular complexity index is 424. The summed E-state index contributed by atoms with van der Waals surface area (Å²) in [5.74, 6) is 0. The van der Waals surface area contributed by atoms with Crippen LogP contribution >= 0.6 is 0 Å². The molecule has 1 heterocycles. The maximum absolute atomic E-state index is 12.0. The molecule has 0 radical (unpaired) electrons. The molecular weight excluding hydrogens is 254 g/mol. The first-order valence-electron chi connectivity index (χ1n) is 7.06. The van der Waals surface area contributed by atoms with Gasteiger partial charge in [0.1, 0.15) is 6.61 Å². The van der Waals surface area contributed by atoms with Gasteiger partial charge in [0.05, 0.1) is 0 Å². The van der Waals surface area contributed by atoms with E-state index in [1.54, 1.807) is 4.90 Å². The SMILES string of the molecule is CN(CCN)C1CCN(C(=O)OCc2ccccc2)C1. The predicted octanol–water partition coefficient (Wildman–Crippen LogP) is 1.29. The van der Waals surface area contributed by atoms with Crippen molar-refractivity contribution in [1.82, 2.24) is 9.80 Å². The van der Waals surface area contributed by atoms with Crippen LogP contribution in [0.5, 0.6) is 0 Å². The van der Waals surface area contributed by atoms with Gasteiger partial charge in [-0.1, -0.05) is 30.3 Å². The molecule has 110 valence electrons. The quantitative estimate of drug-likeness (QED) is 0.881. The van der Waals surface area contributed by atoms with Crippen LogP contribution in [0.25, 0.3) is 0 Å². The first-order chi connectivity index (χ1) is 9.70. The number of hydrogen-bond acceptors (Lipinski definition) is 4. The van der Waals surface area contributed by atoms with Crippen molar-refractivity contribution in [3.05, 3.63) is 35.9 Å². The van der Waals surface area contributed by atoms with Crippen LogP contribution in [0.3, 0.4) is 0 Å². The Kier molecular flexibility index (Phi) is 5.38. The zero-order valence-corrected chi connectivity index (χ0v) is 12.0. The molecule has 2 rings (SSSR count). The molecule has 1 atom stereocenters. The molecular formula is C15H23N3O2. The van der Waals surface area contributed by atoms with Crippen molar-refractivity contribution in [2.45, 2.75) is 19.1 Å². The van der Waals surface area contributed by atoms with Gasteiger partial charge in [0.25, 0.3) is 0 Å². The standard InChI is InChI=1S/C15H23N3O2/c1-17(10-8-16)14-7-9-18(11-14)15(19)20-12-13-5-3-2-4-6-13/h2-6,14H,7-12,16H2,1H3. The molecule has 1 aliphatic rings. The highest BCUT2D eigenvalue weighted by Gasteiger charge is 2.29. The van der Waals surface area contributed by atoms with Gasteiger partial charge in [-0.2, -0.15) is 0 Å². The number of hydrogen-bond donors (Lipinski definition) is 1. The molecule has 5 nitrogen and oxygen atoms in total. The first kappa shape index (κ1) is 14.8. The van der Waals surface area contributed by atoms with Crippen LogP contribution in [0.15, 0.2) is 30.3 Å². The van der Waals surface area contributed by atoms with Crippen LogP contribution in [0.2, 0.25) is 0 Å². The highest BCUT2D eigenvalue weighted by atomic mass is 16.6. The fourth-order valence-corrected chi connectivity index (χ4v) is 2.46. The molecule has 2 N–H and O–H groups in total. The molecule has 1 aliphatic heterocycles. The summed E-state index contributed by atoms with van der Waals surface area (Å²) in [7, 11) is 2.05. The largest absolute Gasteiger partial charge is 0.445 e. The molecule has 20 heavy (non-hydrogen) atoms. The van der Waals surface area contributed by atoms with Gasteiger partial charge in [-0.25, -0.2) is 4.79 Å². The van der Waals surface area contributed by atoms with Crippen LogP contribution in [0, 0.1) is 0 Å². The lowest BCUT2D eigenvalue weighted by Gasteiger charge is -2.23. The van der Waals surface area contributed by atoms with Gasteiger partial charge in [-0.3, -0.25) is 0 Å². The molecule has 1 aromatic carbocycles. The number of carbonyl (C=O) groups excluding carboxylic acids is 1. The molecule has 5 heteroatoms. The van der Waals surface area contributed by atoms with E-state index in [9.17, 15) is 4.79 Å². The third-order valence-corrected chi connectivity index (χ3v) is 3.73. The second-order valence-electron chi connectivity index (χ2n) is 5.20. The van der Waals surface area contributed by atoms with Gasteiger partial charge in [0, 0.05) is 32.2 Å². The van der Waals surface area contributed by atoms with Crippen molar-refractivity contribution in [1.29, 1.82) is 0 Å². The molecule has 0 spiro atoms. The van der Waals surface area contributed by atoms with Crippen LogP contribution in [-0.2, 0) is 11.3 Å². The number of likely N-dealkylation sites (tertiary alicyclic amines) is 1. The molecule has 1 saturated heterocycles. The number of carbonyl (C=O) groups is 1. The van der Waals surface area contributed by atoms with Crippen molar-refractivity contribution >= 4 is 6.09 Å². The fraction of sp³-hybridized carbons (Fsp3) is 0.533. The number of benzene rings is 1. The summed E-state index contributed by atoms with van der Waals surface area (Å²) >= 11 is 0. The summed E-state index contributed by atoms with van der Waals surface area (Å²) in [4.78, 5) is 16.0. The molecule has 1 fully saturated rings. The number of amides is 1. The Hall–Kier alpha value is -1.59. The van der Waals surface area contributed by atoms with Crippen molar-refractivity contribution < 1.29 is 9.53 Å².